The maximum atomic E-state index is 10.5. The summed E-state index contributed by atoms with van der Waals surface area (Å²) in [6, 6.07) is 0. The number of hydrogen-bond acceptors (Lipinski definition) is 12. The van der Waals surface area contributed by atoms with Gasteiger partial charge in [-0.25, -0.2) is 0 Å². The molecule has 0 amide bonds. The molecule has 146 valence electrons. The van der Waals surface area contributed by atoms with Gasteiger partial charge in [0, 0.05) is 0 Å². The predicted molar refractivity (Wildman–Crippen MR) is 93.6 cm³/mol. The molecule has 4 rings (SSSR count). The first-order valence-electron chi connectivity index (χ1n) is 7.49. The fraction of sp³-hybridized carbons (Fsp3) is 0. The number of aromatic hydroxyl groups is 10. The highest BCUT2D eigenvalue weighted by Crippen LogP contribution is 2.63. The average Bonchev–Trinajstić information content (AvgIpc) is 2.68. The summed E-state index contributed by atoms with van der Waals surface area (Å²) in [6.07, 6.45) is 0. The number of nitrogens with one attached hydrogen (secondary N) is 2. The molecule has 1 aliphatic heterocycles. The Morgan fingerprint density at radius 3 is 0.857 bits per heavy atom. The zero-order chi connectivity index (χ0) is 20.7. The van der Waals surface area contributed by atoms with Gasteiger partial charge in [0.05, 0.1) is 10.8 Å². The fourth-order valence-corrected chi connectivity index (χ4v) is 3.08. The molecule has 3 aromatic rings. The van der Waals surface area contributed by atoms with Crippen LogP contribution >= 0.6 is 0 Å². The van der Waals surface area contributed by atoms with Crippen molar-refractivity contribution in [2.75, 3.05) is 10.6 Å². The van der Waals surface area contributed by atoms with Gasteiger partial charge in [0.25, 0.3) is 0 Å². The zero-order valence-electron chi connectivity index (χ0n) is 13.5. The minimum Gasteiger partial charge on any atom is -0.505 e. The molecule has 0 saturated heterocycles. The second-order valence-corrected chi connectivity index (χ2v) is 5.99. The van der Waals surface area contributed by atoms with Gasteiger partial charge in [-0.3, -0.25) is 0 Å². The molecule has 0 unspecified atom stereocenters. The first-order valence-corrected chi connectivity index (χ1v) is 7.49. The Hall–Kier alpha value is -4.48. The summed E-state index contributed by atoms with van der Waals surface area (Å²) in [4.78, 5) is 0. The van der Waals surface area contributed by atoms with E-state index in [0.717, 1.165) is 0 Å². The van der Waals surface area contributed by atoms with E-state index in [2.05, 4.69) is 10.6 Å². The highest BCUT2D eigenvalue weighted by atomic mass is 16.4. The van der Waals surface area contributed by atoms with Gasteiger partial charge in [-0.2, -0.15) is 0 Å². The molecule has 1 aliphatic rings. The molecule has 0 aromatic heterocycles. The Kier molecular flexibility index (Phi) is 3.05. The monoisotopic (exact) mass is 392 g/mol. The van der Waals surface area contributed by atoms with E-state index in [1.54, 1.807) is 0 Å². The molecule has 0 aliphatic carbocycles. The van der Waals surface area contributed by atoms with Gasteiger partial charge in [0.1, 0.15) is 22.7 Å². The van der Waals surface area contributed by atoms with Crippen LogP contribution in [-0.4, -0.2) is 51.1 Å². The van der Waals surface area contributed by atoms with E-state index in [1.807, 2.05) is 0 Å². The molecule has 1 heterocycles. The summed E-state index contributed by atoms with van der Waals surface area (Å²) < 4.78 is 0. The van der Waals surface area contributed by atoms with E-state index < -0.39 is 91.0 Å². The number of benzene rings is 3. The van der Waals surface area contributed by atoms with Crippen LogP contribution in [0.25, 0.3) is 10.8 Å². The first-order chi connectivity index (χ1) is 13.1. The molecule has 0 saturated carbocycles. The molecule has 12 nitrogen and oxygen atoms in total. The molecular formula is C16H12N2O10. The number of rotatable bonds is 0. The predicted octanol–water partition coefficient (Wildman–Crippen LogP) is 1.70. The topological polar surface area (TPSA) is 226 Å². The van der Waals surface area contributed by atoms with E-state index in [1.165, 1.54) is 0 Å². The van der Waals surface area contributed by atoms with Crippen LogP contribution in [0.15, 0.2) is 0 Å². The van der Waals surface area contributed by atoms with E-state index in [-0.39, 0.29) is 0 Å². The van der Waals surface area contributed by atoms with Crippen LogP contribution in [0.3, 0.4) is 0 Å². The Labute approximate surface area is 153 Å². The maximum absolute atomic E-state index is 10.5. The molecule has 0 bridgehead atoms. The van der Waals surface area contributed by atoms with Crippen molar-refractivity contribution in [3.63, 3.8) is 0 Å². The van der Waals surface area contributed by atoms with Gasteiger partial charge in [-0.1, -0.05) is 0 Å². The van der Waals surface area contributed by atoms with Crippen LogP contribution in [0.4, 0.5) is 22.7 Å². The first kappa shape index (κ1) is 17.0. The van der Waals surface area contributed by atoms with Crippen molar-refractivity contribution in [1.29, 1.82) is 0 Å². The van der Waals surface area contributed by atoms with E-state index >= 15 is 0 Å². The molecule has 0 spiro atoms. The average molecular weight is 392 g/mol. The highest BCUT2D eigenvalue weighted by Gasteiger charge is 2.34. The molecule has 12 N–H and O–H groups in total. The SMILES string of the molecule is Oc1c(O)c(O)c2c(c1O)Nc1c(c(O)c3c(O)c(O)c(O)c(O)c3c1O)N2. The Balaban J connectivity index is 2.13. The lowest BCUT2D eigenvalue weighted by molar-refractivity contribution is 0.348. The fourth-order valence-electron chi connectivity index (χ4n) is 3.08. The van der Waals surface area contributed by atoms with Crippen LogP contribution in [0.5, 0.6) is 57.5 Å². The Morgan fingerprint density at radius 1 is 0.286 bits per heavy atom. The molecule has 0 fully saturated rings. The minimum absolute atomic E-state index is 0.392. The van der Waals surface area contributed by atoms with Crippen LogP contribution < -0.4 is 10.6 Å². The minimum atomic E-state index is -1.16. The number of anilines is 4. The van der Waals surface area contributed by atoms with E-state index in [0.29, 0.717) is 0 Å². The quantitative estimate of drug-likeness (QED) is 0.152. The van der Waals surface area contributed by atoms with Gasteiger partial charge < -0.3 is 61.7 Å². The Morgan fingerprint density at radius 2 is 0.536 bits per heavy atom. The zero-order valence-corrected chi connectivity index (χ0v) is 13.5. The standard InChI is InChI=1S/C16H12N2O10/c19-7-1-2(10(22)14(26)13(25)9(1)21)8(20)4-3(7)17-5-6(18-4)12(24)16(28)15(27)11(5)23/h17-28H. The van der Waals surface area contributed by atoms with Crippen LogP contribution in [-0.2, 0) is 0 Å². The maximum Gasteiger partial charge on any atom is 0.206 e. The summed E-state index contributed by atoms with van der Waals surface area (Å²) in [7, 11) is 0. The second kappa shape index (κ2) is 5.03. The van der Waals surface area contributed by atoms with Gasteiger partial charge in [-0.15, -0.1) is 0 Å². The van der Waals surface area contributed by atoms with Crippen molar-refractivity contribution in [1.82, 2.24) is 0 Å². The van der Waals surface area contributed by atoms with Gasteiger partial charge in [0.15, 0.2) is 34.5 Å². The molecule has 0 atom stereocenters. The summed E-state index contributed by atoms with van der Waals surface area (Å²) >= 11 is 0. The highest BCUT2D eigenvalue weighted by molar-refractivity contribution is 6.15. The lowest BCUT2D eigenvalue weighted by Gasteiger charge is -2.27. The third-order valence-electron chi connectivity index (χ3n) is 4.49. The second-order valence-electron chi connectivity index (χ2n) is 5.99. The molecule has 28 heavy (non-hydrogen) atoms. The summed E-state index contributed by atoms with van der Waals surface area (Å²) in [5.41, 5.74) is -1.59. The molecule has 12 heteroatoms. The lowest BCUT2D eigenvalue weighted by Crippen LogP contribution is -2.08. The number of hydrogen-bond donors (Lipinski definition) is 12. The third-order valence-corrected chi connectivity index (χ3v) is 4.49. The van der Waals surface area contributed by atoms with Gasteiger partial charge in [-0.05, 0) is 0 Å². The van der Waals surface area contributed by atoms with E-state index in [9.17, 15) is 51.1 Å². The van der Waals surface area contributed by atoms with Crippen molar-refractivity contribution in [3.8, 4) is 57.5 Å². The number of phenols is 10. The van der Waals surface area contributed by atoms with Crippen molar-refractivity contribution in [2.45, 2.75) is 0 Å². The number of fused-ring (bicyclic) bond motifs is 3. The van der Waals surface area contributed by atoms with Crippen LogP contribution in [0, 0.1) is 0 Å². The van der Waals surface area contributed by atoms with Crippen molar-refractivity contribution in [3.05, 3.63) is 0 Å². The Bertz CT molecular complexity index is 1130. The lowest BCUT2D eigenvalue weighted by atomic mass is 9.99. The van der Waals surface area contributed by atoms with Gasteiger partial charge in [0.2, 0.25) is 23.0 Å². The number of phenolic OH excluding ortho intramolecular Hbond substituents is 10. The van der Waals surface area contributed by atoms with Crippen LogP contribution in [0.1, 0.15) is 0 Å². The van der Waals surface area contributed by atoms with E-state index in [4.69, 9.17) is 0 Å². The van der Waals surface area contributed by atoms with Crippen LogP contribution in [0.2, 0.25) is 0 Å². The normalized spacial score (nSPS) is 12.1. The smallest absolute Gasteiger partial charge is 0.206 e. The molecular weight excluding hydrogens is 380 g/mol. The van der Waals surface area contributed by atoms with Gasteiger partial charge >= 0.3 is 0 Å². The summed E-state index contributed by atoms with van der Waals surface area (Å²) in [5, 5.41) is 103. The van der Waals surface area contributed by atoms with Crippen molar-refractivity contribution < 1.29 is 51.1 Å². The summed E-state index contributed by atoms with van der Waals surface area (Å²) in [5.74, 6) is -10.1. The molecule has 0 radical (unpaired) electrons. The summed E-state index contributed by atoms with van der Waals surface area (Å²) in [6.45, 7) is 0. The largest absolute Gasteiger partial charge is 0.505 e. The van der Waals surface area contributed by atoms with Crippen molar-refractivity contribution >= 4 is 33.5 Å². The van der Waals surface area contributed by atoms with Crippen molar-refractivity contribution in [2.24, 2.45) is 0 Å². The molecule has 3 aromatic carbocycles. The third kappa shape index (κ3) is 1.77.